The van der Waals surface area contributed by atoms with E-state index in [9.17, 15) is 0 Å². The van der Waals surface area contributed by atoms with Crippen molar-refractivity contribution >= 4 is 0 Å². The fourth-order valence-electron chi connectivity index (χ4n) is 1.82. The second-order valence-corrected chi connectivity index (χ2v) is 4.61. The highest BCUT2D eigenvalue weighted by molar-refractivity contribution is 4.80. The lowest BCUT2D eigenvalue weighted by Crippen LogP contribution is -2.36. The minimum atomic E-state index is 0.393. The van der Waals surface area contributed by atoms with Crippen LogP contribution < -0.4 is 5.32 Å². The van der Waals surface area contributed by atoms with E-state index in [-0.39, 0.29) is 0 Å². The summed E-state index contributed by atoms with van der Waals surface area (Å²) in [5.41, 5.74) is 0.393. The summed E-state index contributed by atoms with van der Waals surface area (Å²) in [6.07, 6.45) is 0. The lowest BCUT2D eigenvalue weighted by atomic mass is 9.93. The van der Waals surface area contributed by atoms with E-state index in [4.69, 9.17) is 4.74 Å². The Bertz CT molecular complexity index is 148. The Kier molecular flexibility index (Phi) is 4.16. The number of hydrogen-bond donors (Lipinski definition) is 1. The molecule has 0 amide bonds. The maximum atomic E-state index is 5.09. The van der Waals surface area contributed by atoms with Crippen molar-refractivity contribution in [3.05, 3.63) is 0 Å². The molecule has 13 heavy (non-hydrogen) atoms. The Hall–Kier alpha value is -0.120. The van der Waals surface area contributed by atoms with Gasteiger partial charge in [0.1, 0.15) is 0 Å². The highest BCUT2D eigenvalue weighted by atomic mass is 16.5. The van der Waals surface area contributed by atoms with E-state index in [1.165, 1.54) is 6.54 Å². The van der Waals surface area contributed by atoms with Gasteiger partial charge in [-0.25, -0.2) is 0 Å². The first-order valence-electron chi connectivity index (χ1n) is 5.06. The molecule has 0 aromatic heterocycles. The minimum absolute atomic E-state index is 0.393. The van der Waals surface area contributed by atoms with Gasteiger partial charge in [0.15, 0.2) is 0 Å². The Morgan fingerprint density at radius 3 is 2.92 bits per heavy atom. The topological polar surface area (TPSA) is 24.5 Å². The van der Waals surface area contributed by atoms with Gasteiger partial charge in [0.25, 0.3) is 0 Å². The molecule has 1 saturated heterocycles. The van der Waals surface area contributed by atoms with E-state index in [1.807, 2.05) is 0 Å². The molecule has 3 nitrogen and oxygen atoms in total. The molecule has 0 unspecified atom stereocenters. The second-order valence-electron chi connectivity index (χ2n) is 4.61. The zero-order valence-corrected chi connectivity index (χ0v) is 9.10. The first-order valence-corrected chi connectivity index (χ1v) is 5.06. The smallest absolute Gasteiger partial charge is 0.0589 e. The number of rotatable bonds is 3. The molecule has 0 spiro atoms. The van der Waals surface area contributed by atoms with Crippen LogP contribution in [0.25, 0.3) is 0 Å². The number of nitrogens with one attached hydrogen (secondary N) is 1. The van der Waals surface area contributed by atoms with Gasteiger partial charge in [0, 0.05) is 39.8 Å². The molecule has 0 atom stereocenters. The van der Waals surface area contributed by atoms with E-state index >= 15 is 0 Å². The largest absolute Gasteiger partial charge is 0.383 e. The van der Waals surface area contributed by atoms with Crippen molar-refractivity contribution in [2.24, 2.45) is 5.41 Å². The molecule has 0 aromatic carbocycles. The second kappa shape index (κ2) is 4.94. The third-order valence-corrected chi connectivity index (χ3v) is 2.47. The fraction of sp³-hybridized carbons (Fsp3) is 1.00. The fourth-order valence-corrected chi connectivity index (χ4v) is 1.82. The van der Waals surface area contributed by atoms with Gasteiger partial charge >= 0.3 is 0 Å². The molecule has 1 aliphatic heterocycles. The van der Waals surface area contributed by atoms with Crippen molar-refractivity contribution in [1.82, 2.24) is 10.2 Å². The van der Waals surface area contributed by atoms with Crippen LogP contribution in [0.5, 0.6) is 0 Å². The van der Waals surface area contributed by atoms with Crippen LogP contribution in [0.1, 0.15) is 13.8 Å². The van der Waals surface area contributed by atoms with Crippen LogP contribution in [-0.4, -0.2) is 51.3 Å². The monoisotopic (exact) mass is 186 g/mol. The molecular formula is C10H22N2O. The van der Waals surface area contributed by atoms with Gasteiger partial charge in [-0.05, 0) is 5.41 Å². The average molecular weight is 186 g/mol. The van der Waals surface area contributed by atoms with Crippen molar-refractivity contribution in [1.29, 1.82) is 0 Å². The first-order chi connectivity index (χ1) is 6.14. The summed E-state index contributed by atoms with van der Waals surface area (Å²) >= 11 is 0. The quantitative estimate of drug-likeness (QED) is 0.697. The maximum absolute atomic E-state index is 5.09. The molecule has 0 aliphatic carbocycles. The molecule has 1 heterocycles. The van der Waals surface area contributed by atoms with Crippen LogP contribution in [0, 0.1) is 5.41 Å². The summed E-state index contributed by atoms with van der Waals surface area (Å²) < 4.78 is 5.09. The third kappa shape index (κ3) is 4.07. The predicted octanol–water partition coefficient (Wildman–Crippen LogP) is 0.564. The van der Waals surface area contributed by atoms with Crippen molar-refractivity contribution in [2.45, 2.75) is 13.8 Å². The predicted molar refractivity (Wildman–Crippen MR) is 55.0 cm³/mol. The van der Waals surface area contributed by atoms with Crippen molar-refractivity contribution in [2.75, 3.05) is 46.4 Å². The van der Waals surface area contributed by atoms with Crippen LogP contribution in [0.2, 0.25) is 0 Å². The Morgan fingerprint density at radius 1 is 1.46 bits per heavy atom. The van der Waals surface area contributed by atoms with Crippen LogP contribution in [0.4, 0.5) is 0 Å². The highest BCUT2D eigenvalue weighted by Crippen LogP contribution is 2.17. The van der Waals surface area contributed by atoms with Crippen molar-refractivity contribution in [3.63, 3.8) is 0 Å². The molecule has 1 fully saturated rings. The zero-order valence-electron chi connectivity index (χ0n) is 9.10. The molecule has 0 aromatic rings. The van der Waals surface area contributed by atoms with E-state index in [2.05, 4.69) is 24.1 Å². The van der Waals surface area contributed by atoms with Crippen LogP contribution in [0.3, 0.4) is 0 Å². The Morgan fingerprint density at radius 2 is 2.23 bits per heavy atom. The highest BCUT2D eigenvalue weighted by Gasteiger charge is 2.23. The standard InChI is InChI=1S/C10H22N2O/c1-10(2)8-11-4-5-12(9-10)6-7-13-3/h11H,4-9H2,1-3H3. The van der Waals surface area contributed by atoms with Crippen LogP contribution in [0.15, 0.2) is 0 Å². The molecule has 3 heteroatoms. The number of nitrogens with zero attached hydrogens (tertiary/aromatic N) is 1. The molecule has 0 bridgehead atoms. The van der Waals surface area contributed by atoms with Gasteiger partial charge in [-0.15, -0.1) is 0 Å². The van der Waals surface area contributed by atoms with E-state index in [0.29, 0.717) is 5.41 Å². The summed E-state index contributed by atoms with van der Waals surface area (Å²) in [6.45, 7) is 11.1. The van der Waals surface area contributed by atoms with Crippen molar-refractivity contribution in [3.8, 4) is 0 Å². The van der Waals surface area contributed by atoms with Gasteiger partial charge in [-0.1, -0.05) is 13.8 Å². The molecule has 1 rings (SSSR count). The van der Waals surface area contributed by atoms with E-state index < -0.39 is 0 Å². The minimum Gasteiger partial charge on any atom is -0.383 e. The molecular weight excluding hydrogens is 164 g/mol. The maximum Gasteiger partial charge on any atom is 0.0589 e. The summed E-state index contributed by atoms with van der Waals surface area (Å²) in [5.74, 6) is 0. The first kappa shape index (κ1) is 11.0. The molecule has 1 N–H and O–H groups in total. The van der Waals surface area contributed by atoms with E-state index in [0.717, 1.165) is 32.8 Å². The molecule has 0 saturated carbocycles. The molecule has 1 aliphatic rings. The summed E-state index contributed by atoms with van der Waals surface area (Å²) in [4.78, 5) is 2.48. The lowest BCUT2D eigenvalue weighted by Gasteiger charge is -2.28. The van der Waals surface area contributed by atoms with Crippen molar-refractivity contribution < 1.29 is 4.74 Å². The zero-order chi connectivity index (χ0) is 9.73. The Balaban J connectivity index is 2.36. The van der Waals surface area contributed by atoms with Gasteiger partial charge in [-0.2, -0.15) is 0 Å². The number of methoxy groups -OCH3 is 1. The average Bonchev–Trinajstić information content (AvgIpc) is 2.22. The number of ether oxygens (including phenoxy) is 1. The Labute approximate surface area is 81.4 Å². The summed E-state index contributed by atoms with van der Waals surface area (Å²) in [5, 5.41) is 3.46. The van der Waals surface area contributed by atoms with Crippen LogP contribution in [-0.2, 0) is 4.74 Å². The molecule has 78 valence electrons. The van der Waals surface area contributed by atoms with Gasteiger partial charge in [0.05, 0.1) is 6.61 Å². The summed E-state index contributed by atoms with van der Waals surface area (Å²) in [7, 11) is 1.77. The SMILES string of the molecule is COCCN1CCNCC(C)(C)C1. The van der Waals surface area contributed by atoms with Gasteiger partial charge < -0.3 is 10.1 Å². The van der Waals surface area contributed by atoms with Gasteiger partial charge in [-0.3, -0.25) is 4.90 Å². The summed E-state index contributed by atoms with van der Waals surface area (Å²) in [6, 6.07) is 0. The van der Waals surface area contributed by atoms with E-state index in [1.54, 1.807) is 7.11 Å². The van der Waals surface area contributed by atoms with Gasteiger partial charge in [0.2, 0.25) is 0 Å². The normalized spacial score (nSPS) is 24.2. The lowest BCUT2D eigenvalue weighted by molar-refractivity contribution is 0.131. The number of hydrogen-bond acceptors (Lipinski definition) is 3. The molecule has 0 radical (unpaired) electrons. The van der Waals surface area contributed by atoms with Crippen LogP contribution >= 0.6 is 0 Å². The third-order valence-electron chi connectivity index (χ3n) is 2.47.